The van der Waals surface area contributed by atoms with E-state index in [1.54, 1.807) is 11.3 Å². The molecule has 0 radical (unpaired) electrons. The Morgan fingerprint density at radius 2 is 2.14 bits per heavy atom. The number of aryl methyl sites for hydroxylation is 1. The van der Waals surface area contributed by atoms with Crippen molar-refractivity contribution < 1.29 is 5.11 Å². The summed E-state index contributed by atoms with van der Waals surface area (Å²) in [6.07, 6.45) is 1.80. The zero-order chi connectivity index (χ0) is 10.6. The van der Waals surface area contributed by atoms with Gasteiger partial charge in [-0.15, -0.1) is 11.3 Å². The van der Waals surface area contributed by atoms with E-state index in [9.17, 15) is 5.11 Å². The zero-order valence-corrected chi connectivity index (χ0v) is 9.82. The van der Waals surface area contributed by atoms with Crippen LogP contribution in [-0.2, 0) is 0 Å². The minimum absolute atomic E-state index is 0.151. The number of aliphatic hydroxyl groups is 1. The first-order valence-electron chi connectivity index (χ1n) is 4.97. The summed E-state index contributed by atoms with van der Waals surface area (Å²) in [4.78, 5) is 4.34. The minimum atomic E-state index is -0.204. The summed E-state index contributed by atoms with van der Waals surface area (Å²) >= 11 is 1.59. The number of aliphatic hydroxyl groups excluding tert-OH is 1. The van der Waals surface area contributed by atoms with Crippen molar-refractivity contribution in [2.24, 2.45) is 0 Å². The van der Waals surface area contributed by atoms with Crippen LogP contribution in [0.5, 0.6) is 0 Å². The molecule has 1 rings (SSSR count). The minimum Gasteiger partial charge on any atom is -0.394 e. The van der Waals surface area contributed by atoms with Gasteiger partial charge in [0.1, 0.15) is 0 Å². The summed E-state index contributed by atoms with van der Waals surface area (Å²) < 4.78 is 0. The van der Waals surface area contributed by atoms with Gasteiger partial charge in [0.2, 0.25) is 0 Å². The predicted molar refractivity (Wildman–Crippen MR) is 60.9 cm³/mol. The number of rotatable bonds is 5. The van der Waals surface area contributed by atoms with Crippen LogP contribution in [0.25, 0.3) is 0 Å². The van der Waals surface area contributed by atoms with E-state index in [0.29, 0.717) is 0 Å². The topological polar surface area (TPSA) is 45.1 Å². The number of anilines is 1. The molecule has 1 heterocycles. The van der Waals surface area contributed by atoms with Gasteiger partial charge < -0.3 is 10.4 Å². The molecule has 2 N–H and O–H groups in total. The maximum atomic E-state index is 9.36. The summed E-state index contributed by atoms with van der Waals surface area (Å²) in [7, 11) is 0. The zero-order valence-electron chi connectivity index (χ0n) is 9.00. The van der Waals surface area contributed by atoms with E-state index < -0.39 is 0 Å². The summed E-state index contributed by atoms with van der Waals surface area (Å²) in [5.41, 5.74) is 0.821. The molecular weight excluding hydrogens is 196 g/mol. The number of nitrogens with one attached hydrogen (secondary N) is 1. The average molecular weight is 214 g/mol. The molecule has 80 valence electrons. The van der Waals surface area contributed by atoms with Crippen molar-refractivity contribution in [2.45, 2.75) is 39.2 Å². The van der Waals surface area contributed by atoms with Gasteiger partial charge in [-0.2, -0.15) is 0 Å². The van der Waals surface area contributed by atoms with Crippen molar-refractivity contribution >= 4 is 16.5 Å². The van der Waals surface area contributed by atoms with Gasteiger partial charge in [-0.25, -0.2) is 4.98 Å². The smallest absolute Gasteiger partial charge is 0.183 e. The first kappa shape index (κ1) is 11.5. The number of nitrogens with zero attached hydrogens (tertiary/aromatic N) is 1. The van der Waals surface area contributed by atoms with Gasteiger partial charge in [-0.05, 0) is 19.8 Å². The van der Waals surface area contributed by atoms with Gasteiger partial charge in [0.25, 0.3) is 0 Å². The van der Waals surface area contributed by atoms with Crippen molar-refractivity contribution in [1.82, 2.24) is 4.98 Å². The van der Waals surface area contributed by atoms with E-state index in [0.717, 1.165) is 23.7 Å². The van der Waals surface area contributed by atoms with E-state index >= 15 is 0 Å². The second kappa shape index (κ2) is 4.75. The SMILES string of the molecule is CCC(CC)(CO)Nc1nc(C)cs1. The Bertz CT molecular complexity index is 273. The average Bonchev–Trinajstić information content (AvgIpc) is 2.61. The van der Waals surface area contributed by atoms with Crippen molar-refractivity contribution in [3.05, 3.63) is 11.1 Å². The van der Waals surface area contributed by atoms with Crippen LogP contribution in [-0.4, -0.2) is 22.2 Å². The van der Waals surface area contributed by atoms with Crippen LogP contribution in [0.1, 0.15) is 32.4 Å². The number of aromatic nitrogens is 1. The normalized spacial score (nSPS) is 11.7. The van der Waals surface area contributed by atoms with E-state index in [1.165, 1.54) is 0 Å². The highest BCUT2D eigenvalue weighted by Crippen LogP contribution is 2.24. The quantitative estimate of drug-likeness (QED) is 0.791. The molecule has 3 nitrogen and oxygen atoms in total. The Hall–Kier alpha value is -0.610. The Labute approximate surface area is 89.2 Å². The van der Waals surface area contributed by atoms with Crippen LogP contribution in [0.2, 0.25) is 0 Å². The Morgan fingerprint density at radius 3 is 2.50 bits per heavy atom. The van der Waals surface area contributed by atoms with Gasteiger partial charge in [0.05, 0.1) is 17.8 Å². The summed E-state index contributed by atoms with van der Waals surface area (Å²) in [5, 5.41) is 15.6. The molecule has 0 amide bonds. The highest BCUT2D eigenvalue weighted by Gasteiger charge is 2.25. The molecule has 4 heteroatoms. The van der Waals surface area contributed by atoms with E-state index in [2.05, 4.69) is 24.1 Å². The molecule has 1 aromatic heterocycles. The van der Waals surface area contributed by atoms with Crippen LogP contribution in [0.15, 0.2) is 5.38 Å². The summed E-state index contributed by atoms with van der Waals surface area (Å²) in [6.45, 7) is 6.28. The van der Waals surface area contributed by atoms with E-state index in [1.807, 2.05) is 12.3 Å². The van der Waals surface area contributed by atoms with Gasteiger partial charge in [-0.1, -0.05) is 13.8 Å². The molecule has 0 aromatic carbocycles. The fourth-order valence-corrected chi connectivity index (χ4v) is 2.14. The fraction of sp³-hybridized carbons (Fsp3) is 0.700. The van der Waals surface area contributed by atoms with Gasteiger partial charge in [-0.3, -0.25) is 0 Å². The molecular formula is C10H18N2OS. The maximum absolute atomic E-state index is 9.36. The molecule has 14 heavy (non-hydrogen) atoms. The van der Waals surface area contributed by atoms with Crippen LogP contribution < -0.4 is 5.32 Å². The lowest BCUT2D eigenvalue weighted by Gasteiger charge is -2.30. The fourth-order valence-electron chi connectivity index (χ4n) is 1.33. The second-order valence-electron chi connectivity index (χ2n) is 3.56. The molecule has 0 atom stereocenters. The largest absolute Gasteiger partial charge is 0.394 e. The third-order valence-electron chi connectivity index (χ3n) is 2.65. The predicted octanol–water partition coefficient (Wildman–Crippen LogP) is 2.41. The first-order valence-corrected chi connectivity index (χ1v) is 5.85. The van der Waals surface area contributed by atoms with Crippen molar-refractivity contribution in [2.75, 3.05) is 11.9 Å². The monoisotopic (exact) mass is 214 g/mol. The second-order valence-corrected chi connectivity index (χ2v) is 4.42. The first-order chi connectivity index (χ1) is 6.65. The van der Waals surface area contributed by atoms with E-state index in [-0.39, 0.29) is 12.1 Å². The van der Waals surface area contributed by atoms with Crippen LogP contribution in [0.3, 0.4) is 0 Å². The van der Waals surface area contributed by atoms with Gasteiger partial charge >= 0.3 is 0 Å². The molecule has 0 saturated carbocycles. The van der Waals surface area contributed by atoms with Crippen LogP contribution >= 0.6 is 11.3 Å². The van der Waals surface area contributed by atoms with E-state index in [4.69, 9.17) is 0 Å². The highest BCUT2D eigenvalue weighted by atomic mass is 32.1. The Kier molecular flexibility index (Phi) is 3.89. The maximum Gasteiger partial charge on any atom is 0.183 e. The molecule has 1 aromatic rings. The number of thiazole rings is 1. The molecule has 0 fully saturated rings. The summed E-state index contributed by atoms with van der Waals surface area (Å²) in [6, 6.07) is 0. The molecule has 0 unspecified atom stereocenters. The molecule has 0 spiro atoms. The Morgan fingerprint density at radius 1 is 1.50 bits per heavy atom. The van der Waals surface area contributed by atoms with Crippen molar-refractivity contribution in [3.63, 3.8) is 0 Å². The van der Waals surface area contributed by atoms with Gasteiger partial charge in [0, 0.05) is 5.38 Å². The standard InChI is InChI=1S/C10H18N2OS/c1-4-10(5-2,7-13)12-9-11-8(3)6-14-9/h6,13H,4-5,7H2,1-3H3,(H,11,12). The summed E-state index contributed by atoms with van der Waals surface area (Å²) in [5.74, 6) is 0. The number of hydrogen-bond donors (Lipinski definition) is 2. The number of hydrogen-bond acceptors (Lipinski definition) is 4. The molecule has 0 bridgehead atoms. The Balaban J connectivity index is 2.73. The van der Waals surface area contributed by atoms with Gasteiger partial charge in [0.15, 0.2) is 5.13 Å². The molecule has 0 aliphatic heterocycles. The van der Waals surface area contributed by atoms with Crippen LogP contribution in [0.4, 0.5) is 5.13 Å². The molecule has 0 aliphatic rings. The highest BCUT2D eigenvalue weighted by molar-refractivity contribution is 7.13. The lowest BCUT2D eigenvalue weighted by Crippen LogP contribution is -2.40. The lowest BCUT2D eigenvalue weighted by molar-refractivity contribution is 0.202. The van der Waals surface area contributed by atoms with Crippen molar-refractivity contribution in [1.29, 1.82) is 0 Å². The third-order valence-corrected chi connectivity index (χ3v) is 3.52. The molecule has 0 aliphatic carbocycles. The lowest BCUT2D eigenvalue weighted by atomic mass is 9.94. The molecule has 0 saturated heterocycles. The van der Waals surface area contributed by atoms with Crippen LogP contribution in [0, 0.1) is 6.92 Å². The third kappa shape index (κ3) is 2.45. The van der Waals surface area contributed by atoms with Crippen molar-refractivity contribution in [3.8, 4) is 0 Å².